The third-order valence-electron chi connectivity index (χ3n) is 4.63. The van der Waals surface area contributed by atoms with E-state index in [9.17, 15) is 14.4 Å². The summed E-state index contributed by atoms with van der Waals surface area (Å²) in [6.07, 6.45) is 3.09. The highest BCUT2D eigenvalue weighted by atomic mass is 16.2. The zero-order valence-corrected chi connectivity index (χ0v) is 15.5. The lowest BCUT2D eigenvalue weighted by molar-refractivity contribution is 0.262. The summed E-state index contributed by atoms with van der Waals surface area (Å²) in [6.45, 7) is 0. The Kier molecular flexibility index (Phi) is 5.14. The third kappa shape index (κ3) is 3.57. The number of aliphatic imine (C=N–C) groups is 2. The minimum Gasteiger partial charge on any atom is -0.307 e. The fraction of sp³-hybridized carbons (Fsp3) is 0. The van der Waals surface area contributed by atoms with Crippen LogP contribution in [0.2, 0.25) is 0 Å². The van der Waals surface area contributed by atoms with Crippen molar-refractivity contribution in [3.05, 3.63) is 72.8 Å². The van der Waals surface area contributed by atoms with Gasteiger partial charge in [-0.25, -0.2) is 14.4 Å². The summed E-state index contributed by atoms with van der Waals surface area (Å²) in [7, 11) is 0. The summed E-state index contributed by atoms with van der Waals surface area (Å²) < 4.78 is 0. The van der Waals surface area contributed by atoms with Crippen LogP contribution < -0.4 is 10.6 Å². The van der Waals surface area contributed by atoms with Crippen LogP contribution in [0.5, 0.6) is 0 Å². The minimum atomic E-state index is -0.441. The maximum absolute atomic E-state index is 12.7. The Bertz CT molecular complexity index is 1280. The van der Waals surface area contributed by atoms with E-state index < -0.39 is 6.03 Å². The van der Waals surface area contributed by atoms with E-state index in [4.69, 9.17) is 0 Å². The predicted octanol–water partition coefficient (Wildman–Crippen LogP) is 5.57. The molecule has 4 rings (SSSR count). The maximum Gasteiger partial charge on any atom is 0.323 e. The Morgan fingerprint density at radius 2 is 1.00 bits per heavy atom. The van der Waals surface area contributed by atoms with Crippen molar-refractivity contribution in [1.29, 1.82) is 0 Å². The number of hydrogen-bond donors (Lipinski definition) is 2. The number of nitrogens with one attached hydrogen (secondary N) is 2. The molecule has 4 aromatic carbocycles. The molecule has 0 radical (unpaired) electrons. The number of isocyanates is 2. The molecule has 0 atom stereocenters. The Morgan fingerprint density at radius 1 is 0.600 bits per heavy atom. The van der Waals surface area contributed by atoms with E-state index in [0.29, 0.717) is 22.7 Å². The molecule has 2 amide bonds. The smallest absolute Gasteiger partial charge is 0.307 e. The van der Waals surface area contributed by atoms with E-state index in [1.807, 2.05) is 24.3 Å². The molecule has 0 aliphatic heterocycles. The summed E-state index contributed by atoms with van der Waals surface area (Å²) in [5.41, 5.74) is 2.09. The monoisotopic (exact) mass is 394 g/mol. The van der Waals surface area contributed by atoms with Crippen LogP contribution >= 0.6 is 0 Å². The number of rotatable bonds is 4. The molecule has 0 heterocycles. The number of amides is 2. The number of fused-ring (bicyclic) bond motifs is 2. The van der Waals surface area contributed by atoms with E-state index >= 15 is 0 Å². The first kappa shape index (κ1) is 18.8. The fourth-order valence-electron chi connectivity index (χ4n) is 3.37. The Labute approximate surface area is 170 Å². The standard InChI is InChI=1S/C23H14N4O3/c28-13-24-19-9-1-7-17-15(19)5-3-11-21(17)26-23(30)27-22-12-4-6-16-18(22)8-2-10-20(16)25-14-29/h1-12H,(H2,26,27,30). The first-order valence-electron chi connectivity index (χ1n) is 8.98. The number of carbonyl (C=O) groups excluding carboxylic acids is 3. The van der Waals surface area contributed by atoms with Gasteiger partial charge in [-0.15, -0.1) is 0 Å². The number of anilines is 2. The molecular formula is C23H14N4O3. The van der Waals surface area contributed by atoms with E-state index in [0.717, 1.165) is 21.5 Å². The lowest BCUT2D eigenvalue weighted by Crippen LogP contribution is -2.19. The van der Waals surface area contributed by atoms with Crippen LogP contribution in [0.3, 0.4) is 0 Å². The van der Waals surface area contributed by atoms with Crippen molar-refractivity contribution < 1.29 is 14.4 Å². The maximum atomic E-state index is 12.7. The molecule has 0 saturated carbocycles. The Balaban J connectivity index is 1.67. The van der Waals surface area contributed by atoms with Gasteiger partial charge in [-0.3, -0.25) is 0 Å². The van der Waals surface area contributed by atoms with Crippen molar-refractivity contribution in [2.24, 2.45) is 9.98 Å². The van der Waals surface area contributed by atoms with Crippen molar-refractivity contribution in [3.63, 3.8) is 0 Å². The van der Waals surface area contributed by atoms with Gasteiger partial charge in [-0.1, -0.05) is 48.5 Å². The van der Waals surface area contributed by atoms with Gasteiger partial charge in [0.05, 0.1) is 22.7 Å². The summed E-state index contributed by atoms with van der Waals surface area (Å²) in [5.74, 6) is 0. The van der Waals surface area contributed by atoms with Gasteiger partial charge < -0.3 is 10.6 Å². The molecular weight excluding hydrogens is 380 g/mol. The molecule has 0 unspecified atom stereocenters. The molecule has 4 aromatic rings. The molecule has 0 bridgehead atoms. The van der Waals surface area contributed by atoms with Crippen molar-refractivity contribution >= 4 is 62.5 Å². The SMILES string of the molecule is O=C=Nc1cccc2c(NC(=O)Nc3cccc4c(N=C=O)cccc34)cccc12. The zero-order valence-electron chi connectivity index (χ0n) is 15.5. The number of nitrogens with zero attached hydrogens (tertiary/aromatic N) is 2. The molecule has 0 spiro atoms. The number of carbonyl (C=O) groups is 1. The van der Waals surface area contributed by atoms with Gasteiger partial charge in [0.1, 0.15) is 0 Å². The molecule has 0 fully saturated rings. The molecule has 2 N–H and O–H groups in total. The Morgan fingerprint density at radius 3 is 1.43 bits per heavy atom. The second-order valence-electron chi connectivity index (χ2n) is 6.34. The normalized spacial score (nSPS) is 10.1. The molecule has 144 valence electrons. The van der Waals surface area contributed by atoms with Crippen LogP contribution in [0, 0.1) is 0 Å². The molecule has 30 heavy (non-hydrogen) atoms. The van der Waals surface area contributed by atoms with E-state index in [2.05, 4.69) is 20.6 Å². The van der Waals surface area contributed by atoms with E-state index in [-0.39, 0.29) is 0 Å². The van der Waals surface area contributed by atoms with Crippen molar-refractivity contribution in [3.8, 4) is 0 Å². The fourth-order valence-corrected chi connectivity index (χ4v) is 3.37. The van der Waals surface area contributed by atoms with Crippen LogP contribution in [-0.4, -0.2) is 18.2 Å². The average Bonchev–Trinajstić information content (AvgIpc) is 2.75. The van der Waals surface area contributed by atoms with Gasteiger partial charge in [0.25, 0.3) is 0 Å². The van der Waals surface area contributed by atoms with Gasteiger partial charge in [0.15, 0.2) is 0 Å². The van der Waals surface area contributed by atoms with Crippen LogP contribution in [0.1, 0.15) is 0 Å². The lowest BCUT2D eigenvalue weighted by atomic mass is 10.1. The van der Waals surface area contributed by atoms with Crippen LogP contribution in [0.4, 0.5) is 27.5 Å². The highest BCUT2D eigenvalue weighted by Crippen LogP contribution is 2.32. The summed E-state index contributed by atoms with van der Waals surface area (Å²) >= 11 is 0. The van der Waals surface area contributed by atoms with Gasteiger partial charge in [-0.05, 0) is 24.3 Å². The van der Waals surface area contributed by atoms with Gasteiger partial charge in [0, 0.05) is 21.5 Å². The van der Waals surface area contributed by atoms with Gasteiger partial charge in [-0.2, -0.15) is 9.98 Å². The molecule has 0 saturated heterocycles. The van der Waals surface area contributed by atoms with Crippen molar-refractivity contribution in [1.82, 2.24) is 0 Å². The van der Waals surface area contributed by atoms with Crippen molar-refractivity contribution in [2.75, 3.05) is 10.6 Å². The third-order valence-corrected chi connectivity index (χ3v) is 4.63. The van der Waals surface area contributed by atoms with E-state index in [1.54, 1.807) is 60.7 Å². The second-order valence-corrected chi connectivity index (χ2v) is 6.34. The van der Waals surface area contributed by atoms with Crippen molar-refractivity contribution in [2.45, 2.75) is 0 Å². The number of urea groups is 1. The summed E-state index contributed by atoms with van der Waals surface area (Å²) in [6, 6.07) is 20.8. The number of hydrogen-bond acceptors (Lipinski definition) is 5. The quantitative estimate of drug-likeness (QED) is 0.349. The first-order valence-corrected chi connectivity index (χ1v) is 8.98. The minimum absolute atomic E-state index is 0.441. The van der Waals surface area contributed by atoms with Gasteiger partial charge in [0.2, 0.25) is 12.2 Å². The second kappa shape index (κ2) is 8.20. The lowest BCUT2D eigenvalue weighted by Gasteiger charge is -2.12. The first-order chi connectivity index (χ1) is 14.7. The topological polar surface area (TPSA) is 100.0 Å². The van der Waals surface area contributed by atoms with Crippen LogP contribution in [0.25, 0.3) is 21.5 Å². The van der Waals surface area contributed by atoms with Gasteiger partial charge >= 0.3 is 6.03 Å². The highest BCUT2D eigenvalue weighted by molar-refractivity contribution is 6.11. The van der Waals surface area contributed by atoms with Crippen LogP contribution in [-0.2, 0) is 9.59 Å². The number of benzene rings is 4. The summed E-state index contributed by atoms with van der Waals surface area (Å²) in [4.78, 5) is 41.4. The van der Waals surface area contributed by atoms with Crippen LogP contribution in [0.15, 0.2) is 82.8 Å². The molecule has 0 aliphatic rings. The molecule has 0 aliphatic carbocycles. The Hall–Kier alpha value is -4.57. The molecule has 0 aromatic heterocycles. The average molecular weight is 394 g/mol. The summed E-state index contributed by atoms with van der Waals surface area (Å²) in [5, 5.41) is 8.59. The van der Waals surface area contributed by atoms with E-state index in [1.165, 1.54) is 0 Å². The largest absolute Gasteiger partial charge is 0.323 e. The zero-order chi connectivity index (χ0) is 20.9. The highest BCUT2D eigenvalue weighted by Gasteiger charge is 2.10. The molecule has 7 heteroatoms. The predicted molar refractivity (Wildman–Crippen MR) is 116 cm³/mol. The molecule has 7 nitrogen and oxygen atoms in total.